The highest BCUT2D eigenvalue weighted by molar-refractivity contribution is 5.96. The van der Waals surface area contributed by atoms with Crippen LogP contribution in [0.4, 0.5) is 4.79 Å². The van der Waals surface area contributed by atoms with Gasteiger partial charge in [-0.2, -0.15) is 0 Å². The normalized spacial score (nSPS) is 19.8. The second-order valence-corrected chi connectivity index (χ2v) is 4.47. The third kappa shape index (κ3) is 4.84. The van der Waals surface area contributed by atoms with E-state index in [9.17, 15) is 14.4 Å². The van der Waals surface area contributed by atoms with E-state index in [2.05, 4.69) is 5.32 Å². The van der Waals surface area contributed by atoms with E-state index in [1.165, 1.54) is 6.92 Å². The summed E-state index contributed by atoms with van der Waals surface area (Å²) in [6, 6.07) is -0.544. The number of piperidine rings is 1. The Kier molecular flexibility index (Phi) is 4.93. The number of amides is 3. The van der Waals surface area contributed by atoms with Crippen molar-refractivity contribution in [3.63, 3.8) is 0 Å². The van der Waals surface area contributed by atoms with Crippen molar-refractivity contribution in [2.24, 2.45) is 11.7 Å². The Morgan fingerprint density at radius 1 is 1.41 bits per heavy atom. The lowest BCUT2D eigenvalue weighted by Gasteiger charge is -2.32. The van der Waals surface area contributed by atoms with Crippen molar-refractivity contribution < 1.29 is 14.4 Å². The molecule has 1 atom stereocenters. The van der Waals surface area contributed by atoms with Crippen LogP contribution >= 0.6 is 0 Å². The number of rotatable bonds is 4. The Hall–Kier alpha value is -1.59. The first-order valence-corrected chi connectivity index (χ1v) is 5.79. The molecule has 17 heavy (non-hydrogen) atoms. The number of nitrogens with one attached hydrogen (secondary N) is 1. The first-order chi connectivity index (χ1) is 7.99. The number of carbonyl (C=O) groups excluding carboxylic acids is 3. The van der Waals surface area contributed by atoms with Crippen molar-refractivity contribution in [3.8, 4) is 0 Å². The van der Waals surface area contributed by atoms with Gasteiger partial charge in [0.05, 0.1) is 6.42 Å². The number of nitrogens with two attached hydrogens (primary N) is 1. The molecule has 1 aliphatic heterocycles. The summed E-state index contributed by atoms with van der Waals surface area (Å²) in [4.78, 5) is 34.8. The minimum atomic E-state index is -0.544. The van der Waals surface area contributed by atoms with Crippen LogP contribution in [0.25, 0.3) is 0 Å². The van der Waals surface area contributed by atoms with Gasteiger partial charge in [0.1, 0.15) is 5.78 Å². The van der Waals surface area contributed by atoms with E-state index in [0.717, 1.165) is 12.8 Å². The van der Waals surface area contributed by atoms with Crippen LogP contribution in [-0.4, -0.2) is 42.3 Å². The first-order valence-electron chi connectivity index (χ1n) is 5.79. The Labute approximate surface area is 101 Å². The fourth-order valence-electron chi connectivity index (χ4n) is 2.03. The van der Waals surface area contributed by atoms with Crippen molar-refractivity contribution >= 4 is 17.7 Å². The summed E-state index contributed by atoms with van der Waals surface area (Å²) in [5.74, 6) is -0.0131. The van der Waals surface area contributed by atoms with E-state index in [-0.39, 0.29) is 24.0 Å². The van der Waals surface area contributed by atoms with Gasteiger partial charge in [0, 0.05) is 19.6 Å². The van der Waals surface area contributed by atoms with Crippen LogP contribution < -0.4 is 11.1 Å². The van der Waals surface area contributed by atoms with E-state index >= 15 is 0 Å². The molecule has 1 fully saturated rings. The predicted molar refractivity (Wildman–Crippen MR) is 62.2 cm³/mol. The Morgan fingerprint density at radius 2 is 2.12 bits per heavy atom. The second-order valence-electron chi connectivity index (χ2n) is 4.47. The Morgan fingerprint density at radius 3 is 2.71 bits per heavy atom. The third-order valence-corrected chi connectivity index (χ3v) is 2.84. The zero-order valence-corrected chi connectivity index (χ0v) is 10.1. The van der Waals surface area contributed by atoms with Crippen LogP contribution in [0.2, 0.25) is 0 Å². The zero-order valence-electron chi connectivity index (χ0n) is 10.1. The van der Waals surface area contributed by atoms with Gasteiger partial charge >= 0.3 is 6.03 Å². The summed E-state index contributed by atoms with van der Waals surface area (Å²) in [7, 11) is 0. The van der Waals surface area contributed by atoms with Crippen molar-refractivity contribution in [2.75, 3.05) is 19.6 Å². The van der Waals surface area contributed by atoms with Gasteiger partial charge in [-0.3, -0.25) is 9.59 Å². The predicted octanol–water partition coefficient (Wildman–Crippen LogP) is -0.128. The summed E-state index contributed by atoms with van der Waals surface area (Å²) in [5.41, 5.74) is 4.99. The van der Waals surface area contributed by atoms with Gasteiger partial charge in [-0.25, -0.2) is 4.79 Å². The van der Waals surface area contributed by atoms with E-state index < -0.39 is 6.03 Å². The van der Waals surface area contributed by atoms with Gasteiger partial charge < -0.3 is 16.0 Å². The van der Waals surface area contributed by atoms with Gasteiger partial charge in [-0.1, -0.05) is 0 Å². The SMILES string of the molecule is CC(=O)CC(=O)N1CCCC(CNC(N)=O)C1. The molecule has 0 saturated carbocycles. The molecule has 1 heterocycles. The third-order valence-electron chi connectivity index (χ3n) is 2.84. The number of carbonyl (C=O) groups is 3. The molecule has 0 radical (unpaired) electrons. The molecule has 3 amide bonds. The van der Waals surface area contributed by atoms with Crippen LogP contribution in [0.1, 0.15) is 26.2 Å². The smallest absolute Gasteiger partial charge is 0.312 e. The molecule has 1 rings (SSSR count). The Bertz CT molecular complexity index is 317. The standard InChI is InChI=1S/C11H19N3O3/c1-8(15)5-10(16)14-4-2-3-9(7-14)6-13-11(12)17/h9H,2-7H2,1H3,(H3,12,13,17). The molecule has 96 valence electrons. The lowest BCUT2D eigenvalue weighted by atomic mass is 9.97. The largest absolute Gasteiger partial charge is 0.352 e. The molecule has 0 spiro atoms. The molecular formula is C11H19N3O3. The van der Waals surface area contributed by atoms with E-state index in [1.54, 1.807) is 4.90 Å². The number of urea groups is 1. The number of Topliss-reactive ketones (excluding diaryl/α,β-unsaturated/α-hetero) is 1. The van der Waals surface area contributed by atoms with Crippen LogP contribution in [-0.2, 0) is 9.59 Å². The molecule has 1 saturated heterocycles. The van der Waals surface area contributed by atoms with Crippen LogP contribution in [0.15, 0.2) is 0 Å². The van der Waals surface area contributed by atoms with E-state index in [0.29, 0.717) is 19.6 Å². The van der Waals surface area contributed by atoms with Gasteiger partial charge in [0.25, 0.3) is 0 Å². The van der Waals surface area contributed by atoms with E-state index in [4.69, 9.17) is 5.73 Å². The summed E-state index contributed by atoms with van der Waals surface area (Å²) >= 11 is 0. The highest BCUT2D eigenvalue weighted by atomic mass is 16.2. The average Bonchev–Trinajstić information content (AvgIpc) is 2.26. The molecule has 0 aromatic rings. The quantitative estimate of drug-likeness (QED) is 0.672. The molecular weight excluding hydrogens is 222 g/mol. The lowest BCUT2D eigenvalue weighted by molar-refractivity contribution is -0.136. The zero-order chi connectivity index (χ0) is 12.8. The maximum Gasteiger partial charge on any atom is 0.312 e. The van der Waals surface area contributed by atoms with Crippen LogP contribution in [0.3, 0.4) is 0 Å². The number of nitrogens with zero attached hydrogens (tertiary/aromatic N) is 1. The van der Waals surface area contributed by atoms with Crippen molar-refractivity contribution in [3.05, 3.63) is 0 Å². The molecule has 3 N–H and O–H groups in total. The summed E-state index contributed by atoms with van der Waals surface area (Å²) in [5, 5.41) is 2.55. The maximum absolute atomic E-state index is 11.7. The maximum atomic E-state index is 11.7. The van der Waals surface area contributed by atoms with Gasteiger partial charge in [0.2, 0.25) is 5.91 Å². The number of hydrogen-bond acceptors (Lipinski definition) is 3. The number of likely N-dealkylation sites (tertiary alicyclic amines) is 1. The Balaban J connectivity index is 2.40. The minimum Gasteiger partial charge on any atom is -0.352 e. The topological polar surface area (TPSA) is 92.5 Å². The fourth-order valence-corrected chi connectivity index (χ4v) is 2.03. The van der Waals surface area contributed by atoms with Gasteiger partial charge in [0.15, 0.2) is 0 Å². The first kappa shape index (κ1) is 13.5. The van der Waals surface area contributed by atoms with Crippen molar-refractivity contribution in [1.29, 1.82) is 0 Å². The summed E-state index contributed by atoms with van der Waals surface area (Å²) in [6.45, 7) is 3.18. The average molecular weight is 241 g/mol. The molecule has 1 unspecified atom stereocenters. The second kappa shape index (κ2) is 6.22. The fraction of sp³-hybridized carbons (Fsp3) is 0.727. The molecule has 0 aromatic heterocycles. The van der Waals surface area contributed by atoms with Crippen molar-refractivity contribution in [2.45, 2.75) is 26.2 Å². The highest BCUT2D eigenvalue weighted by Gasteiger charge is 2.24. The van der Waals surface area contributed by atoms with Crippen molar-refractivity contribution in [1.82, 2.24) is 10.2 Å². The van der Waals surface area contributed by atoms with Crippen LogP contribution in [0, 0.1) is 5.92 Å². The molecule has 0 aromatic carbocycles. The van der Waals surface area contributed by atoms with Gasteiger partial charge in [-0.15, -0.1) is 0 Å². The molecule has 1 aliphatic rings. The number of hydrogen-bond donors (Lipinski definition) is 2. The highest BCUT2D eigenvalue weighted by Crippen LogP contribution is 2.16. The summed E-state index contributed by atoms with van der Waals surface area (Å²) < 4.78 is 0. The number of primary amides is 1. The van der Waals surface area contributed by atoms with Crippen LogP contribution in [0.5, 0.6) is 0 Å². The molecule has 6 heteroatoms. The minimum absolute atomic E-state index is 0.0318. The number of ketones is 1. The molecule has 0 bridgehead atoms. The van der Waals surface area contributed by atoms with E-state index in [1.807, 2.05) is 0 Å². The lowest BCUT2D eigenvalue weighted by Crippen LogP contribution is -2.44. The summed E-state index contributed by atoms with van der Waals surface area (Å²) in [6.07, 6.45) is 1.83. The van der Waals surface area contributed by atoms with Gasteiger partial charge in [-0.05, 0) is 25.7 Å². The molecule has 6 nitrogen and oxygen atoms in total. The molecule has 0 aliphatic carbocycles. The monoisotopic (exact) mass is 241 g/mol.